The smallest absolute Gasteiger partial charge is 0.243 e. The van der Waals surface area contributed by atoms with Crippen molar-refractivity contribution in [2.24, 2.45) is 7.05 Å². The van der Waals surface area contributed by atoms with E-state index in [1.807, 2.05) is 29.8 Å². The number of anilines is 1. The Morgan fingerprint density at radius 2 is 1.97 bits per heavy atom. The summed E-state index contributed by atoms with van der Waals surface area (Å²) in [5, 5.41) is 3.26. The molecule has 0 saturated carbocycles. The van der Waals surface area contributed by atoms with Gasteiger partial charge in [-0.05, 0) is 43.2 Å². The molecule has 9 heteroatoms. The maximum atomic E-state index is 13.1. The van der Waals surface area contributed by atoms with Crippen molar-refractivity contribution in [3.8, 4) is 5.75 Å². The first-order valence-electron chi connectivity index (χ1n) is 10.3. The number of ether oxygens (including phenoxy) is 1. The van der Waals surface area contributed by atoms with Gasteiger partial charge in [-0.2, -0.15) is 4.31 Å². The second kappa shape index (κ2) is 8.94. The summed E-state index contributed by atoms with van der Waals surface area (Å²) in [5.74, 6) is 0.609. The van der Waals surface area contributed by atoms with Crippen LogP contribution in [0.25, 0.3) is 11.0 Å². The number of benzene rings is 2. The number of sulfonamides is 1. The predicted molar refractivity (Wildman–Crippen MR) is 126 cm³/mol. The highest BCUT2D eigenvalue weighted by Gasteiger charge is 2.26. The first kappa shape index (κ1) is 21.7. The number of aryl methyl sites for hydroxylation is 1. The van der Waals surface area contributed by atoms with Gasteiger partial charge in [-0.1, -0.05) is 24.7 Å². The Morgan fingerprint density at radius 1 is 1.19 bits per heavy atom. The third-order valence-electron chi connectivity index (χ3n) is 5.58. The number of methoxy groups -OCH3 is 1. The van der Waals surface area contributed by atoms with Crippen LogP contribution in [0.2, 0.25) is 0 Å². The van der Waals surface area contributed by atoms with Crippen molar-refractivity contribution in [1.29, 1.82) is 0 Å². The zero-order valence-electron chi connectivity index (χ0n) is 17.7. The van der Waals surface area contributed by atoms with Crippen molar-refractivity contribution < 1.29 is 13.2 Å². The van der Waals surface area contributed by atoms with Gasteiger partial charge in [-0.3, -0.25) is 0 Å². The van der Waals surface area contributed by atoms with Crippen molar-refractivity contribution in [1.82, 2.24) is 13.9 Å². The maximum Gasteiger partial charge on any atom is 0.243 e. The molecule has 0 unspecified atom stereocenters. The summed E-state index contributed by atoms with van der Waals surface area (Å²) in [6, 6.07) is 10.9. The third-order valence-corrected chi connectivity index (χ3v) is 7.73. The number of fused-ring (bicyclic) bond motifs is 1. The van der Waals surface area contributed by atoms with Crippen LogP contribution in [0, 0.1) is 0 Å². The van der Waals surface area contributed by atoms with E-state index in [-0.39, 0.29) is 4.90 Å². The van der Waals surface area contributed by atoms with Crippen molar-refractivity contribution in [3.63, 3.8) is 0 Å². The van der Waals surface area contributed by atoms with Crippen LogP contribution in [0.3, 0.4) is 0 Å². The summed E-state index contributed by atoms with van der Waals surface area (Å²) >= 11 is 5.60. The number of nitrogens with one attached hydrogen (secondary N) is 1. The van der Waals surface area contributed by atoms with E-state index < -0.39 is 10.0 Å². The van der Waals surface area contributed by atoms with E-state index in [1.165, 1.54) is 0 Å². The Labute approximate surface area is 188 Å². The fraction of sp³-hybridized carbons (Fsp3) is 0.364. The Bertz CT molecular complexity index is 1210. The molecule has 1 aromatic heterocycles. The summed E-state index contributed by atoms with van der Waals surface area (Å²) in [6.45, 7) is 1.13. The fourth-order valence-electron chi connectivity index (χ4n) is 3.93. The summed E-state index contributed by atoms with van der Waals surface area (Å²) in [5.41, 5.74) is 3.38. The van der Waals surface area contributed by atoms with Crippen LogP contribution in [0.4, 0.5) is 5.69 Å². The number of rotatable bonds is 6. The van der Waals surface area contributed by atoms with Crippen LogP contribution >= 0.6 is 12.2 Å². The molecular weight excluding hydrogens is 432 g/mol. The highest BCUT2D eigenvalue weighted by atomic mass is 32.2. The molecule has 0 bridgehead atoms. The molecular formula is C22H26N4O3S2. The van der Waals surface area contributed by atoms with E-state index >= 15 is 0 Å². The molecule has 1 aliphatic heterocycles. The molecule has 1 saturated heterocycles. The minimum absolute atomic E-state index is 0.278. The lowest BCUT2D eigenvalue weighted by Crippen LogP contribution is -2.35. The largest absolute Gasteiger partial charge is 0.496 e. The molecule has 0 radical (unpaired) electrons. The van der Waals surface area contributed by atoms with E-state index in [9.17, 15) is 8.42 Å². The van der Waals surface area contributed by atoms with Crippen molar-refractivity contribution in [3.05, 3.63) is 48.3 Å². The number of hydrogen-bond donors (Lipinski definition) is 1. The lowest BCUT2D eigenvalue weighted by atomic mass is 10.1. The van der Waals surface area contributed by atoms with Gasteiger partial charge in [0.1, 0.15) is 11.3 Å². The van der Waals surface area contributed by atoms with Gasteiger partial charge >= 0.3 is 0 Å². The number of piperidine rings is 1. The van der Waals surface area contributed by atoms with Crippen LogP contribution < -0.4 is 10.1 Å². The van der Waals surface area contributed by atoms with Gasteiger partial charge < -0.3 is 14.6 Å². The number of hydrogen-bond acceptors (Lipinski definition) is 5. The Hall–Kier alpha value is -2.49. The average Bonchev–Trinajstić information content (AvgIpc) is 3.16. The predicted octanol–water partition coefficient (Wildman–Crippen LogP) is 3.74. The first-order chi connectivity index (χ1) is 14.9. The van der Waals surface area contributed by atoms with Gasteiger partial charge in [0.2, 0.25) is 10.0 Å². The molecule has 4 rings (SSSR count). The van der Waals surface area contributed by atoms with Crippen LogP contribution in [0.15, 0.2) is 47.6 Å². The van der Waals surface area contributed by atoms with Crippen LogP contribution in [0.1, 0.15) is 24.8 Å². The van der Waals surface area contributed by atoms with Gasteiger partial charge in [0, 0.05) is 32.1 Å². The minimum atomic E-state index is -3.53. The second-order valence-electron chi connectivity index (χ2n) is 7.69. The molecule has 0 spiro atoms. The molecule has 31 heavy (non-hydrogen) atoms. The fourth-order valence-corrected chi connectivity index (χ4v) is 5.77. The molecule has 2 heterocycles. The average molecular weight is 459 g/mol. The van der Waals surface area contributed by atoms with Gasteiger partial charge in [-0.25, -0.2) is 13.4 Å². The number of thiocarbonyl (C=S) groups is 1. The molecule has 1 aliphatic rings. The first-order valence-corrected chi connectivity index (χ1v) is 12.1. The van der Waals surface area contributed by atoms with E-state index in [4.69, 9.17) is 17.0 Å². The Balaban J connectivity index is 1.58. The molecule has 0 atom stereocenters. The van der Waals surface area contributed by atoms with Crippen molar-refractivity contribution in [2.75, 3.05) is 25.5 Å². The zero-order valence-corrected chi connectivity index (χ0v) is 19.3. The van der Waals surface area contributed by atoms with E-state index in [0.717, 1.165) is 41.5 Å². The van der Waals surface area contributed by atoms with Crippen molar-refractivity contribution >= 4 is 44.0 Å². The van der Waals surface area contributed by atoms with Crippen LogP contribution in [0.5, 0.6) is 5.75 Å². The van der Waals surface area contributed by atoms with Gasteiger partial charge in [0.05, 0.1) is 34.5 Å². The lowest BCUT2D eigenvalue weighted by molar-refractivity contribution is 0.346. The van der Waals surface area contributed by atoms with E-state index in [1.54, 1.807) is 35.9 Å². The van der Waals surface area contributed by atoms with Gasteiger partial charge in [-0.15, -0.1) is 0 Å². The van der Waals surface area contributed by atoms with Crippen LogP contribution in [-0.2, 0) is 23.5 Å². The third kappa shape index (κ3) is 4.44. The lowest BCUT2D eigenvalue weighted by Gasteiger charge is -2.26. The van der Waals surface area contributed by atoms with E-state index in [2.05, 4.69) is 10.3 Å². The molecule has 2 aromatic carbocycles. The summed E-state index contributed by atoms with van der Waals surface area (Å²) < 4.78 is 35.2. The molecule has 3 aromatic rings. The summed E-state index contributed by atoms with van der Waals surface area (Å²) in [6.07, 6.45) is 4.98. The summed E-state index contributed by atoms with van der Waals surface area (Å²) in [7, 11) is -0.0157. The van der Waals surface area contributed by atoms with Gasteiger partial charge in [0.25, 0.3) is 0 Å². The molecule has 1 N–H and O–H groups in total. The Kier molecular flexibility index (Phi) is 6.27. The number of aromatic nitrogens is 2. The van der Waals surface area contributed by atoms with Gasteiger partial charge in [0.15, 0.2) is 0 Å². The summed E-state index contributed by atoms with van der Waals surface area (Å²) in [4.78, 5) is 5.28. The number of nitrogens with zero attached hydrogens (tertiary/aromatic N) is 3. The van der Waals surface area contributed by atoms with E-state index in [0.29, 0.717) is 30.2 Å². The molecule has 0 aliphatic carbocycles. The molecule has 0 amide bonds. The minimum Gasteiger partial charge on any atom is -0.496 e. The number of imidazole rings is 1. The monoisotopic (exact) mass is 458 g/mol. The Morgan fingerprint density at radius 3 is 2.71 bits per heavy atom. The normalized spacial score (nSPS) is 15.2. The molecule has 7 nitrogen and oxygen atoms in total. The SMILES string of the molecule is COc1ccc(S(=O)(=O)N2CCCCC2)cc1CC(=S)Nc1cccc2c1ncn2C. The quantitative estimate of drug-likeness (QED) is 0.567. The zero-order chi connectivity index (χ0) is 22.0. The molecule has 1 fully saturated rings. The molecule has 164 valence electrons. The maximum absolute atomic E-state index is 13.1. The second-order valence-corrected chi connectivity index (χ2v) is 10.1. The van der Waals surface area contributed by atoms with Crippen LogP contribution in [-0.4, -0.2) is 47.5 Å². The highest BCUT2D eigenvalue weighted by Crippen LogP contribution is 2.28. The number of para-hydroxylation sites is 1. The standard InChI is InChI=1S/C22H26N4O3S2/c1-25-15-23-22-18(7-6-8-19(22)25)24-21(30)14-16-13-17(9-10-20(16)29-2)31(27,28)26-11-4-3-5-12-26/h6-10,13,15H,3-5,11-12,14H2,1-2H3,(H,24,30). The van der Waals surface area contributed by atoms with Crippen molar-refractivity contribution in [2.45, 2.75) is 30.6 Å². The topological polar surface area (TPSA) is 76.5 Å². The highest BCUT2D eigenvalue weighted by molar-refractivity contribution is 7.89.